The third-order valence-electron chi connectivity index (χ3n) is 3.41. The molecule has 0 atom stereocenters. The molecule has 7 heteroatoms. The second-order valence-electron chi connectivity index (χ2n) is 4.88. The first-order valence-electron chi connectivity index (χ1n) is 6.84. The number of thioether (sulfide) groups is 1. The van der Waals surface area contributed by atoms with Crippen LogP contribution in [0.1, 0.15) is 15.9 Å². The highest BCUT2D eigenvalue weighted by atomic mass is 32.2. The lowest BCUT2D eigenvalue weighted by Gasteiger charge is -2.07. The molecule has 0 saturated carbocycles. The van der Waals surface area contributed by atoms with Crippen LogP contribution in [-0.2, 0) is 17.5 Å². The zero-order chi connectivity index (χ0) is 16.4. The number of benzene rings is 1. The second-order valence-corrected chi connectivity index (χ2v) is 6.71. The van der Waals surface area contributed by atoms with Crippen molar-refractivity contribution in [3.05, 3.63) is 57.2 Å². The predicted octanol–water partition coefficient (Wildman–Crippen LogP) is 3.07. The molecule has 0 aliphatic rings. The van der Waals surface area contributed by atoms with Gasteiger partial charge in [0.15, 0.2) is 5.16 Å². The number of hydrogen-bond donors (Lipinski definition) is 0. The molecule has 0 spiro atoms. The van der Waals surface area contributed by atoms with Crippen molar-refractivity contribution in [3.8, 4) is 0 Å². The zero-order valence-electron chi connectivity index (χ0n) is 12.6. The van der Waals surface area contributed by atoms with Gasteiger partial charge in [0.1, 0.15) is 4.83 Å². The summed E-state index contributed by atoms with van der Waals surface area (Å²) in [7, 11) is 3.09. The summed E-state index contributed by atoms with van der Waals surface area (Å²) in [5, 5.41) is 3.21. The minimum Gasteiger partial charge on any atom is -0.465 e. The molecule has 2 heterocycles. The number of carbonyl (C=O) groups excluding carboxylic acids is 1. The molecular formula is C16H14N2O3S2. The molecule has 2 aromatic heterocycles. The maximum atomic E-state index is 12.2. The van der Waals surface area contributed by atoms with E-state index in [-0.39, 0.29) is 11.5 Å². The molecule has 0 bridgehead atoms. The van der Waals surface area contributed by atoms with E-state index >= 15 is 0 Å². The Hall–Kier alpha value is -2.12. The van der Waals surface area contributed by atoms with Crippen LogP contribution in [0.15, 0.2) is 45.7 Å². The van der Waals surface area contributed by atoms with Gasteiger partial charge in [-0.15, -0.1) is 11.3 Å². The van der Waals surface area contributed by atoms with E-state index in [0.717, 1.165) is 10.4 Å². The minimum absolute atomic E-state index is 0.0280. The molecule has 0 aliphatic carbocycles. The molecule has 1 aromatic carbocycles. The molecule has 5 nitrogen and oxygen atoms in total. The van der Waals surface area contributed by atoms with Gasteiger partial charge in [-0.1, -0.05) is 23.9 Å². The van der Waals surface area contributed by atoms with Gasteiger partial charge in [-0.25, -0.2) is 9.78 Å². The van der Waals surface area contributed by atoms with Crippen LogP contribution in [0.25, 0.3) is 10.2 Å². The zero-order valence-corrected chi connectivity index (χ0v) is 14.2. The Kier molecular flexibility index (Phi) is 4.49. The van der Waals surface area contributed by atoms with Crippen molar-refractivity contribution in [1.29, 1.82) is 0 Å². The van der Waals surface area contributed by atoms with Crippen LogP contribution in [0.4, 0.5) is 0 Å². The standard InChI is InChI=1S/C16H14N2O3S2/c1-18-14(19)12-7-8-22-13(12)17-16(18)23-9-10-3-5-11(6-4-10)15(20)21-2/h3-8H,9H2,1-2H3. The molecule has 118 valence electrons. The first-order valence-corrected chi connectivity index (χ1v) is 8.71. The quantitative estimate of drug-likeness (QED) is 0.413. The highest BCUT2D eigenvalue weighted by Crippen LogP contribution is 2.23. The summed E-state index contributed by atoms with van der Waals surface area (Å²) >= 11 is 2.96. The average Bonchev–Trinajstić information content (AvgIpc) is 3.05. The van der Waals surface area contributed by atoms with Crippen LogP contribution in [0.5, 0.6) is 0 Å². The van der Waals surface area contributed by atoms with Gasteiger partial charge < -0.3 is 4.74 Å². The van der Waals surface area contributed by atoms with Gasteiger partial charge in [-0.2, -0.15) is 0 Å². The lowest BCUT2D eigenvalue weighted by molar-refractivity contribution is 0.0600. The third-order valence-corrected chi connectivity index (χ3v) is 5.31. The number of aromatic nitrogens is 2. The van der Waals surface area contributed by atoms with E-state index in [0.29, 0.717) is 21.9 Å². The Balaban J connectivity index is 1.79. The van der Waals surface area contributed by atoms with E-state index in [4.69, 9.17) is 0 Å². The average molecular weight is 346 g/mol. The summed E-state index contributed by atoms with van der Waals surface area (Å²) in [5.41, 5.74) is 1.54. The van der Waals surface area contributed by atoms with Crippen LogP contribution in [-0.4, -0.2) is 22.6 Å². The molecule has 0 aliphatic heterocycles. The van der Waals surface area contributed by atoms with Crippen molar-refractivity contribution in [3.63, 3.8) is 0 Å². The molecule has 0 radical (unpaired) electrons. The SMILES string of the molecule is COC(=O)c1ccc(CSc2nc3sccc3c(=O)n2C)cc1. The molecule has 3 rings (SSSR count). The first-order chi connectivity index (χ1) is 11.1. The van der Waals surface area contributed by atoms with E-state index in [1.807, 2.05) is 17.5 Å². The lowest BCUT2D eigenvalue weighted by Crippen LogP contribution is -2.19. The van der Waals surface area contributed by atoms with Gasteiger partial charge in [0, 0.05) is 12.8 Å². The first kappa shape index (κ1) is 15.8. The van der Waals surface area contributed by atoms with Gasteiger partial charge in [-0.05, 0) is 29.1 Å². The monoisotopic (exact) mass is 346 g/mol. The van der Waals surface area contributed by atoms with Crippen molar-refractivity contribution in [1.82, 2.24) is 9.55 Å². The number of nitrogens with zero attached hydrogens (tertiary/aromatic N) is 2. The molecular weight excluding hydrogens is 332 g/mol. The highest BCUT2D eigenvalue weighted by Gasteiger charge is 2.10. The van der Waals surface area contributed by atoms with Crippen LogP contribution in [0, 0.1) is 0 Å². The van der Waals surface area contributed by atoms with E-state index in [1.165, 1.54) is 30.2 Å². The van der Waals surface area contributed by atoms with Gasteiger partial charge >= 0.3 is 5.97 Å². The smallest absolute Gasteiger partial charge is 0.337 e. The fourth-order valence-electron chi connectivity index (χ4n) is 2.11. The van der Waals surface area contributed by atoms with Crippen molar-refractivity contribution >= 4 is 39.3 Å². The largest absolute Gasteiger partial charge is 0.465 e. The number of rotatable bonds is 4. The van der Waals surface area contributed by atoms with Gasteiger partial charge in [-0.3, -0.25) is 9.36 Å². The summed E-state index contributed by atoms with van der Waals surface area (Å²) in [6.45, 7) is 0. The van der Waals surface area contributed by atoms with Gasteiger partial charge in [0.25, 0.3) is 5.56 Å². The Bertz CT molecular complexity index is 913. The predicted molar refractivity (Wildman–Crippen MR) is 92.2 cm³/mol. The van der Waals surface area contributed by atoms with Crippen LogP contribution in [0.3, 0.4) is 0 Å². The van der Waals surface area contributed by atoms with E-state index in [1.54, 1.807) is 29.8 Å². The van der Waals surface area contributed by atoms with Gasteiger partial charge in [0.2, 0.25) is 0 Å². The molecule has 3 aromatic rings. The summed E-state index contributed by atoms with van der Waals surface area (Å²) in [4.78, 5) is 29.0. The number of esters is 1. The van der Waals surface area contributed by atoms with Crippen molar-refractivity contribution in [2.75, 3.05) is 7.11 Å². The summed E-state index contributed by atoms with van der Waals surface area (Å²) in [5.74, 6) is 0.315. The number of carbonyl (C=O) groups is 1. The molecule has 0 saturated heterocycles. The fraction of sp³-hybridized carbons (Fsp3) is 0.188. The molecule has 23 heavy (non-hydrogen) atoms. The van der Waals surface area contributed by atoms with Crippen LogP contribution in [0.2, 0.25) is 0 Å². The topological polar surface area (TPSA) is 61.2 Å². The van der Waals surface area contributed by atoms with Crippen molar-refractivity contribution in [2.24, 2.45) is 7.05 Å². The normalized spacial score (nSPS) is 10.9. The van der Waals surface area contributed by atoms with Crippen molar-refractivity contribution in [2.45, 2.75) is 10.9 Å². The number of fused-ring (bicyclic) bond motifs is 1. The van der Waals surface area contributed by atoms with E-state index in [9.17, 15) is 9.59 Å². The second kappa shape index (κ2) is 6.55. The third kappa shape index (κ3) is 3.16. The number of methoxy groups -OCH3 is 1. The Labute approximate surface area is 140 Å². The number of ether oxygens (including phenoxy) is 1. The highest BCUT2D eigenvalue weighted by molar-refractivity contribution is 7.98. The summed E-state index contributed by atoms with van der Waals surface area (Å²) in [6, 6.07) is 9.02. The Morgan fingerprint density at radius 1 is 1.30 bits per heavy atom. The minimum atomic E-state index is -0.351. The Morgan fingerprint density at radius 3 is 2.74 bits per heavy atom. The maximum Gasteiger partial charge on any atom is 0.337 e. The Morgan fingerprint density at radius 2 is 2.04 bits per heavy atom. The molecule has 0 amide bonds. The van der Waals surface area contributed by atoms with E-state index in [2.05, 4.69) is 9.72 Å². The lowest BCUT2D eigenvalue weighted by atomic mass is 10.1. The summed E-state index contributed by atoms with van der Waals surface area (Å²) in [6.07, 6.45) is 0. The van der Waals surface area contributed by atoms with Crippen LogP contribution >= 0.6 is 23.1 Å². The van der Waals surface area contributed by atoms with Crippen LogP contribution < -0.4 is 5.56 Å². The molecule has 0 N–H and O–H groups in total. The number of hydrogen-bond acceptors (Lipinski definition) is 6. The molecule has 0 unspecified atom stereocenters. The number of thiophene rings is 1. The summed E-state index contributed by atoms with van der Waals surface area (Å²) < 4.78 is 6.25. The maximum absolute atomic E-state index is 12.2. The molecule has 0 fully saturated rings. The fourth-order valence-corrected chi connectivity index (χ4v) is 3.84. The van der Waals surface area contributed by atoms with E-state index < -0.39 is 0 Å². The van der Waals surface area contributed by atoms with Gasteiger partial charge in [0.05, 0.1) is 18.1 Å². The van der Waals surface area contributed by atoms with Crippen molar-refractivity contribution < 1.29 is 9.53 Å².